The molecular formula is C11H19NO4. The number of carbonyl (C=O) groups excluding carboxylic acids is 2. The van der Waals surface area contributed by atoms with Crippen LogP contribution in [0, 0.1) is 0 Å². The van der Waals surface area contributed by atoms with E-state index in [1.807, 2.05) is 6.92 Å². The zero-order chi connectivity index (χ0) is 12.2. The van der Waals surface area contributed by atoms with Gasteiger partial charge in [0.25, 0.3) is 0 Å². The van der Waals surface area contributed by atoms with Crippen LogP contribution in [-0.4, -0.2) is 31.8 Å². The van der Waals surface area contributed by atoms with Crippen molar-refractivity contribution in [2.45, 2.75) is 26.2 Å². The fraction of sp³-hybridized carbons (Fsp3) is 0.636. The molecule has 0 aliphatic heterocycles. The highest BCUT2D eigenvalue weighted by atomic mass is 16.6. The van der Waals surface area contributed by atoms with E-state index in [9.17, 15) is 9.59 Å². The number of hydrogen-bond acceptors (Lipinski definition) is 4. The Balaban J connectivity index is 3.27. The van der Waals surface area contributed by atoms with E-state index in [2.05, 4.69) is 11.9 Å². The summed E-state index contributed by atoms with van der Waals surface area (Å²) in [6, 6.07) is 0. The minimum Gasteiger partial charge on any atom is -0.462 e. The van der Waals surface area contributed by atoms with Crippen molar-refractivity contribution in [3.05, 3.63) is 12.7 Å². The lowest BCUT2D eigenvalue weighted by atomic mass is 10.3. The van der Waals surface area contributed by atoms with E-state index in [0.717, 1.165) is 18.9 Å². The summed E-state index contributed by atoms with van der Waals surface area (Å²) < 4.78 is 9.54. The van der Waals surface area contributed by atoms with Crippen molar-refractivity contribution in [3.63, 3.8) is 0 Å². The van der Waals surface area contributed by atoms with Crippen LogP contribution < -0.4 is 5.32 Å². The SMILES string of the molecule is C=CC(=O)OCCCOC(=O)NCCCC. The van der Waals surface area contributed by atoms with Gasteiger partial charge < -0.3 is 14.8 Å². The first-order valence-electron chi connectivity index (χ1n) is 5.40. The van der Waals surface area contributed by atoms with Crippen molar-refractivity contribution < 1.29 is 19.1 Å². The predicted octanol–water partition coefficient (Wildman–Crippen LogP) is 1.63. The van der Waals surface area contributed by atoms with Gasteiger partial charge in [0, 0.05) is 19.0 Å². The first-order chi connectivity index (χ1) is 7.70. The zero-order valence-electron chi connectivity index (χ0n) is 9.66. The number of nitrogens with one attached hydrogen (secondary N) is 1. The molecule has 0 aromatic rings. The van der Waals surface area contributed by atoms with Crippen LogP contribution in [0.1, 0.15) is 26.2 Å². The fourth-order valence-corrected chi connectivity index (χ4v) is 0.874. The first-order valence-corrected chi connectivity index (χ1v) is 5.40. The second-order valence-corrected chi connectivity index (χ2v) is 3.14. The normalized spacial score (nSPS) is 9.31. The van der Waals surface area contributed by atoms with E-state index in [-0.39, 0.29) is 13.2 Å². The molecule has 5 nitrogen and oxygen atoms in total. The van der Waals surface area contributed by atoms with E-state index in [1.54, 1.807) is 0 Å². The maximum Gasteiger partial charge on any atom is 0.407 e. The van der Waals surface area contributed by atoms with Gasteiger partial charge in [0.15, 0.2) is 0 Å². The molecule has 1 N–H and O–H groups in total. The summed E-state index contributed by atoms with van der Waals surface area (Å²) in [7, 11) is 0. The lowest BCUT2D eigenvalue weighted by Gasteiger charge is -2.06. The molecule has 0 saturated heterocycles. The third-order valence-electron chi connectivity index (χ3n) is 1.73. The van der Waals surface area contributed by atoms with Crippen LogP contribution in [0.4, 0.5) is 4.79 Å². The molecule has 0 unspecified atom stereocenters. The van der Waals surface area contributed by atoms with Crippen LogP contribution in [0.3, 0.4) is 0 Å². The van der Waals surface area contributed by atoms with Gasteiger partial charge in [-0.3, -0.25) is 0 Å². The maximum absolute atomic E-state index is 11.0. The van der Waals surface area contributed by atoms with Crippen LogP contribution in [0.15, 0.2) is 12.7 Å². The number of ether oxygens (including phenoxy) is 2. The Hall–Kier alpha value is -1.52. The standard InChI is InChI=1S/C11H19NO4/c1-3-5-7-12-11(14)16-9-6-8-15-10(13)4-2/h4H,2-3,5-9H2,1H3,(H,12,14). The summed E-state index contributed by atoms with van der Waals surface area (Å²) >= 11 is 0. The Bertz CT molecular complexity index is 228. The number of amides is 1. The van der Waals surface area contributed by atoms with E-state index in [1.165, 1.54) is 0 Å². The van der Waals surface area contributed by atoms with Crippen LogP contribution in [0.5, 0.6) is 0 Å². The van der Waals surface area contributed by atoms with Gasteiger partial charge in [-0.05, 0) is 6.42 Å². The molecule has 92 valence electrons. The second kappa shape index (κ2) is 10.0. The van der Waals surface area contributed by atoms with E-state index >= 15 is 0 Å². The van der Waals surface area contributed by atoms with Gasteiger partial charge in [-0.1, -0.05) is 19.9 Å². The summed E-state index contributed by atoms with van der Waals surface area (Å²) in [5.41, 5.74) is 0. The molecule has 0 aromatic carbocycles. The van der Waals surface area contributed by atoms with Crippen molar-refractivity contribution in [3.8, 4) is 0 Å². The van der Waals surface area contributed by atoms with Crippen LogP contribution >= 0.6 is 0 Å². The molecule has 0 aliphatic rings. The lowest BCUT2D eigenvalue weighted by molar-refractivity contribution is -0.137. The molecule has 0 saturated carbocycles. The van der Waals surface area contributed by atoms with E-state index < -0.39 is 12.1 Å². The van der Waals surface area contributed by atoms with Gasteiger partial charge in [0.2, 0.25) is 0 Å². The zero-order valence-corrected chi connectivity index (χ0v) is 9.66. The highest BCUT2D eigenvalue weighted by Gasteiger charge is 2.00. The molecular weight excluding hydrogens is 210 g/mol. The molecule has 5 heteroatoms. The second-order valence-electron chi connectivity index (χ2n) is 3.14. The summed E-state index contributed by atoms with van der Waals surface area (Å²) in [6.45, 7) is 6.40. The summed E-state index contributed by atoms with van der Waals surface area (Å²) in [4.78, 5) is 21.6. The van der Waals surface area contributed by atoms with Gasteiger partial charge in [-0.25, -0.2) is 9.59 Å². The van der Waals surface area contributed by atoms with Gasteiger partial charge in [-0.2, -0.15) is 0 Å². The third-order valence-corrected chi connectivity index (χ3v) is 1.73. The van der Waals surface area contributed by atoms with E-state index in [4.69, 9.17) is 9.47 Å². The lowest BCUT2D eigenvalue weighted by Crippen LogP contribution is -2.25. The largest absolute Gasteiger partial charge is 0.462 e. The molecule has 0 rings (SSSR count). The molecule has 0 fully saturated rings. The van der Waals surface area contributed by atoms with Gasteiger partial charge >= 0.3 is 12.1 Å². The van der Waals surface area contributed by atoms with Crippen molar-refractivity contribution in [1.29, 1.82) is 0 Å². The Morgan fingerprint density at radius 3 is 2.56 bits per heavy atom. The topological polar surface area (TPSA) is 64.6 Å². The molecule has 0 aromatic heterocycles. The third kappa shape index (κ3) is 9.05. The monoisotopic (exact) mass is 229 g/mol. The number of esters is 1. The summed E-state index contributed by atoms with van der Waals surface area (Å²) in [5, 5.41) is 2.61. The number of carbonyl (C=O) groups is 2. The Labute approximate surface area is 95.8 Å². The Morgan fingerprint density at radius 1 is 1.25 bits per heavy atom. The van der Waals surface area contributed by atoms with Gasteiger partial charge in [0.05, 0.1) is 13.2 Å². The van der Waals surface area contributed by atoms with Crippen molar-refractivity contribution in [2.75, 3.05) is 19.8 Å². The van der Waals surface area contributed by atoms with Gasteiger partial charge in [0.1, 0.15) is 0 Å². The predicted molar refractivity (Wildman–Crippen MR) is 60.0 cm³/mol. The summed E-state index contributed by atoms with van der Waals surface area (Å²) in [5.74, 6) is -0.465. The van der Waals surface area contributed by atoms with Crippen LogP contribution in [-0.2, 0) is 14.3 Å². The van der Waals surface area contributed by atoms with Crippen LogP contribution in [0.25, 0.3) is 0 Å². The average Bonchev–Trinajstić information content (AvgIpc) is 2.28. The van der Waals surface area contributed by atoms with E-state index in [0.29, 0.717) is 13.0 Å². The fourth-order valence-electron chi connectivity index (χ4n) is 0.874. The molecule has 0 spiro atoms. The average molecular weight is 229 g/mol. The molecule has 0 aliphatic carbocycles. The number of rotatable bonds is 8. The highest BCUT2D eigenvalue weighted by molar-refractivity contribution is 5.81. The van der Waals surface area contributed by atoms with Crippen molar-refractivity contribution in [2.24, 2.45) is 0 Å². The smallest absolute Gasteiger partial charge is 0.407 e. The molecule has 16 heavy (non-hydrogen) atoms. The molecule has 0 radical (unpaired) electrons. The maximum atomic E-state index is 11.0. The highest BCUT2D eigenvalue weighted by Crippen LogP contribution is 1.89. The number of alkyl carbamates (subject to hydrolysis) is 1. The Morgan fingerprint density at radius 2 is 1.94 bits per heavy atom. The van der Waals surface area contributed by atoms with Crippen LogP contribution in [0.2, 0.25) is 0 Å². The van der Waals surface area contributed by atoms with Gasteiger partial charge in [-0.15, -0.1) is 0 Å². The molecule has 0 atom stereocenters. The molecule has 1 amide bonds. The number of unbranched alkanes of at least 4 members (excludes halogenated alkanes) is 1. The first kappa shape index (κ1) is 14.5. The minimum absolute atomic E-state index is 0.229. The van der Waals surface area contributed by atoms with Crippen molar-refractivity contribution in [1.82, 2.24) is 5.32 Å². The van der Waals surface area contributed by atoms with Crippen molar-refractivity contribution >= 4 is 12.1 Å². The summed E-state index contributed by atoms with van der Waals surface area (Å²) in [6.07, 6.45) is 3.12. The Kier molecular flexibility index (Phi) is 9.06. The number of hydrogen-bond donors (Lipinski definition) is 1. The minimum atomic E-state index is -0.465. The molecule has 0 heterocycles. The molecule has 0 bridgehead atoms. The quantitative estimate of drug-likeness (QED) is 0.390.